The molecule has 8 heteroatoms. The van der Waals surface area contributed by atoms with Crippen LogP contribution in [0.4, 0.5) is 0 Å². The summed E-state index contributed by atoms with van der Waals surface area (Å²) in [4.78, 5) is 10.8. The van der Waals surface area contributed by atoms with Crippen LogP contribution >= 0.6 is 11.6 Å². The quantitative estimate of drug-likeness (QED) is 0.734. The maximum atomic E-state index is 12.5. The molecule has 0 aromatic heterocycles. The lowest BCUT2D eigenvalue weighted by molar-refractivity contribution is 0.0697. The predicted octanol–water partition coefficient (Wildman–Crippen LogP) is 1.86. The number of carboxylic acids is 1. The van der Waals surface area contributed by atoms with Crippen LogP contribution < -0.4 is 0 Å². The summed E-state index contributed by atoms with van der Waals surface area (Å²) in [5.41, 5.74) is -0.150. The van der Waals surface area contributed by atoms with E-state index in [9.17, 15) is 13.2 Å². The number of nitrogens with zero attached hydrogens (tertiary/aromatic N) is 1. The Morgan fingerprint density at radius 3 is 2.67 bits per heavy atom. The standard InChI is InChI=1S/C13H16ClNO5S/c1-3-6-15(7-8-20-2)21(18,19)10-4-5-11(13(16)17)12(14)9-10/h3-5,9H,1,6-8H2,2H3,(H,16,17). The smallest absolute Gasteiger partial charge is 0.337 e. The number of ether oxygens (including phenoxy) is 1. The first kappa shape index (κ1) is 17.6. The first-order valence-electron chi connectivity index (χ1n) is 5.97. The summed E-state index contributed by atoms with van der Waals surface area (Å²) >= 11 is 5.81. The van der Waals surface area contributed by atoms with Crippen LogP contribution in [-0.2, 0) is 14.8 Å². The number of benzene rings is 1. The number of aromatic carboxylic acids is 1. The number of halogens is 1. The van der Waals surface area contributed by atoms with Crippen molar-refractivity contribution in [1.82, 2.24) is 4.31 Å². The van der Waals surface area contributed by atoms with Crippen molar-refractivity contribution >= 4 is 27.6 Å². The summed E-state index contributed by atoms with van der Waals surface area (Å²) in [5.74, 6) is -1.22. The second-order valence-corrected chi connectivity index (χ2v) is 6.44. The molecule has 0 fully saturated rings. The molecule has 0 saturated heterocycles. The van der Waals surface area contributed by atoms with E-state index in [-0.39, 0.29) is 35.2 Å². The normalized spacial score (nSPS) is 11.6. The molecule has 0 saturated carbocycles. The zero-order valence-corrected chi connectivity index (χ0v) is 13.0. The van der Waals surface area contributed by atoms with E-state index in [1.807, 2.05) is 0 Å². The Morgan fingerprint density at radius 1 is 1.52 bits per heavy atom. The number of carboxylic acid groups (broad SMARTS) is 1. The molecule has 0 unspecified atom stereocenters. The molecule has 0 aliphatic rings. The molecule has 116 valence electrons. The third kappa shape index (κ3) is 4.28. The molecular weight excluding hydrogens is 318 g/mol. The van der Waals surface area contributed by atoms with Gasteiger partial charge < -0.3 is 9.84 Å². The van der Waals surface area contributed by atoms with Crippen molar-refractivity contribution in [2.45, 2.75) is 4.90 Å². The SMILES string of the molecule is C=CCN(CCOC)S(=O)(=O)c1ccc(C(=O)O)c(Cl)c1. The fourth-order valence-corrected chi connectivity index (χ4v) is 3.37. The Hall–Kier alpha value is -1.41. The highest BCUT2D eigenvalue weighted by Gasteiger charge is 2.24. The summed E-state index contributed by atoms with van der Waals surface area (Å²) in [5, 5.41) is 8.76. The molecule has 0 spiro atoms. The number of hydrogen-bond acceptors (Lipinski definition) is 4. The lowest BCUT2D eigenvalue weighted by Crippen LogP contribution is -2.34. The van der Waals surface area contributed by atoms with Crippen LogP contribution in [-0.4, -0.2) is 50.6 Å². The molecule has 21 heavy (non-hydrogen) atoms. The topological polar surface area (TPSA) is 83.9 Å². The maximum Gasteiger partial charge on any atom is 0.337 e. The minimum atomic E-state index is -3.80. The molecular formula is C13H16ClNO5S. The predicted molar refractivity (Wildman–Crippen MR) is 79.2 cm³/mol. The first-order chi connectivity index (χ1) is 9.84. The van der Waals surface area contributed by atoms with Gasteiger partial charge in [0.25, 0.3) is 0 Å². The summed E-state index contributed by atoms with van der Waals surface area (Å²) in [6.07, 6.45) is 1.46. The van der Waals surface area contributed by atoms with E-state index in [1.54, 1.807) is 0 Å². The van der Waals surface area contributed by atoms with Gasteiger partial charge in [-0.15, -0.1) is 6.58 Å². The first-order valence-corrected chi connectivity index (χ1v) is 7.79. The monoisotopic (exact) mass is 333 g/mol. The molecule has 1 aromatic rings. The minimum absolute atomic E-state index is 0.0737. The van der Waals surface area contributed by atoms with Crippen LogP contribution in [0.2, 0.25) is 5.02 Å². The average Bonchev–Trinajstić information content (AvgIpc) is 2.42. The van der Waals surface area contributed by atoms with Crippen molar-refractivity contribution < 1.29 is 23.1 Å². The maximum absolute atomic E-state index is 12.5. The van der Waals surface area contributed by atoms with Gasteiger partial charge in [-0.2, -0.15) is 4.31 Å². The third-order valence-electron chi connectivity index (χ3n) is 2.69. The highest BCUT2D eigenvalue weighted by Crippen LogP contribution is 2.23. The molecule has 0 radical (unpaired) electrons. The number of methoxy groups -OCH3 is 1. The van der Waals surface area contributed by atoms with Gasteiger partial charge in [-0.25, -0.2) is 13.2 Å². The van der Waals surface area contributed by atoms with E-state index in [1.165, 1.54) is 29.6 Å². The fraction of sp³-hybridized carbons (Fsp3) is 0.308. The third-order valence-corrected chi connectivity index (χ3v) is 4.86. The molecule has 0 atom stereocenters. The largest absolute Gasteiger partial charge is 0.478 e. The van der Waals surface area contributed by atoms with Crippen LogP contribution in [0.25, 0.3) is 0 Å². The summed E-state index contributed by atoms with van der Waals surface area (Å²) in [7, 11) is -2.33. The van der Waals surface area contributed by atoms with Gasteiger partial charge in [0, 0.05) is 20.2 Å². The van der Waals surface area contributed by atoms with Gasteiger partial charge >= 0.3 is 5.97 Å². The van der Waals surface area contributed by atoms with E-state index < -0.39 is 16.0 Å². The van der Waals surface area contributed by atoms with Crippen LogP contribution in [0.15, 0.2) is 35.7 Å². The Morgan fingerprint density at radius 2 is 2.19 bits per heavy atom. The molecule has 0 aliphatic heterocycles. The Balaban J connectivity index is 3.18. The molecule has 0 amide bonds. The van der Waals surface area contributed by atoms with Gasteiger partial charge in [-0.05, 0) is 18.2 Å². The van der Waals surface area contributed by atoms with Gasteiger partial charge in [-0.3, -0.25) is 0 Å². The average molecular weight is 334 g/mol. The molecule has 1 rings (SSSR count). The van der Waals surface area contributed by atoms with E-state index in [2.05, 4.69) is 6.58 Å². The Kier molecular flexibility index (Phi) is 6.35. The zero-order chi connectivity index (χ0) is 16.0. The molecule has 1 aromatic carbocycles. The highest BCUT2D eigenvalue weighted by atomic mass is 35.5. The van der Waals surface area contributed by atoms with Crippen molar-refractivity contribution in [3.63, 3.8) is 0 Å². The van der Waals surface area contributed by atoms with E-state index in [0.717, 1.165) is 6.07 Å². The van der Waals surface area contributed by atoms with Crippen LogP contribution in [0, 0.1) is 0 Å². The minimum Gasteiger partial charge on any atom is -0.478 e. The summed E-state index contributed by atoms with van der Waals surface area (Å²) in [6.45, 7) is 4.02. The lowest BCUT2D eigenvalue weighted by atomic mass is 10.2. The van der Waals surface area contributed by atoms with Crippen molar-refractivity contribution in [2.75, 3.05) is 26.8 Å². The van der Waals surface area contributed by atoms with Crippen LogP contribution in [0.5, 0.6) is 0 Å². The highest BCUT2D eigenvalue weighted by molar-refractivity contribution is 7.89. The van der Waals surface area contributed by atoms with Crippen molar-refractivity contribution in [3.05, 3.63) is 41.4 Å². The number of sulfonamides is 1. The van der Waals surface area contributed by atoms with Crippen LogP contribution in [0.1, 0.15) is 10.4 Å². The number of rotatable bonds is 8. The molecule has 0 bridgehead atoms. The van der Waals surface area contributed by atoms with Crippen molar-refractivity contribution in [1.29, 1.82) is 0 Å². The molecule has 6 nitrogen and oxygen atoms in total. The van der Waals surface area contributed by atoms with E-state index >= 15 is 0 Å². The van der Waals surface area contributed by atoms with E-state index in [0.29, 0.717) is 0 Å². The Labute approximate surface area is 128 Å². The molecule has 0 heterocycles. The van der Waals surface area contributed by atoms with Crippen molar-refractivity contribution in [3.8, 4) is 0 Å². The van der Waals surface area contributed by atoms with Crippen molar-refractivity contribution in [2.24, 2.45) is 0 Å². The van der Waals surface area contributed by atoms with Gasteiger partial charge in [0.2, 0.25) is 10.0 Å². The van der Waals surface area contributed by atoms with Gasteiger partial charge in [0.15, 0.2) is 0 Å². The molecule has 1 N–H and O–H groups in total. The number of carbonyl (C=O) groups is 1. The van der Waals surface area contributed by atoms with Gasteiger partial charge in [0.05, 0.1) is 22.1 Å². The van der Waals surface area contributed by atoms with Gasteiger partial charge in [-0.1, -0.05) is 17.7 Å². The van der Waals surface area contributed by atoms with E-state index in [4.69, 9.17) is 21.4 Å². The van der Waals surface area contributed by atoms with Gasteiger partial charge in [0.1, 0.15) is 0 Å². The Bertz CT molecular complexity index is 629. The lowest BCUT2D eigenvalue weighted by Gasteiger charge is -2.20. The zero-order valence-electron chi connectivity index (χ0n) is 11.5. The second-order valence-electron chi connectivity index (χ2n) is 4.09. The number of hydrogen-bond donors (Lipinski definition) is 1. The summed E-state index contributed by atoms with van der Waals surface area (Å²) in [6, 6.07) is 3.51. The summed E-state index contributed by atoms with van der Waals surface area (Å²) < 4.78 is 31.0. The second kappa shape index (κ2) is 7.56. The van der Waals surface area contributed by atoms with Crippen LogP contribution in [0.3, 0.4) is 0 Å². The molecule has 0 aliphatic carbocycles. The fourth-order valence-electron chi connectivity index (χ4n) is 1.63.